The van der Waals surface area contributed by atoms with Gasteiger partial charge in [0.15, 0.2) is 17.5 Å². The first-order valence-electron chi connectivity index (χ1n) is 9.02. The third-order valence-electron chi connectivity index (χ3n) is 4.88. The summed E-state index contributed by atoms with van der Waals surface area (Å²) in [6, 6.07) is 7.56. The molecule has 0 amide bonds. The summed E-state index contributed by atoms with van der Waals surface area (Å²) in [6.45, 7) is 2.91. The van der Waals surface area contributed by atoms with Crippen LogP contribution in [0.5, 0.6) is 11.5 Å². The predicted molar refractivity (Wildman–Crippen MR) is 94.3 cm³/mol. The Bertz CT molecular complexity index is 774. The largest absolute Gasteiger partial charge is 0.493 e. The molecule has 0 spiro atoms. The van der Waals surface area contributed by atoms with E-state index in [-0.39, 0.29) is 5.56 Å². The Morgan fingerprint density at radius 3 is 2.15 bits per heavy atom. The summed E-state index contributed by atoms with van der Waals surface area (Å²) < 4.78 is 50.0. The van der Waals surface area contributed by atoms with Crippen LogP contribution in [0.4, 0.5) is 13.2 Å². The Kier molecular flexibility index (Phi) is 6.04. The van der Waals surface area contributed by atoms with Crippen molar-refractivity contribution in [3.8, 4) is 11.5 Å². The summed E-state index contributed by atoms with van der Waals surface area (Å²) in [6.07, 6.45) is 4.78. The van der Waals surface area contributed by atoms with Crippen LogP contribution in [0.3, 0.4) is 0 Å². The molecular formula is C21H21F3O3. The van der Waals surface area contributed by atoms with Crippen molar-refractivity contribution in [1.82, 2.24) is 0 Å². The lowest BCUT2D eigenvalue weighted by atomic mass is 9.83. The summed E-state index contributed by atoms with van der Waals surface area (Å²) >= 11 is 0. The van der Waals surface area contributed by atoms with Crippen LogP contribution in [0.1, 0.15) is 43.0 Å². The Balaban J connectivity index is 1.55. The van der Waals surface area contributed by atoms with Crippen molar-refractivity contribution < 1.29 is 27.4 Å². The third kappa shape index (κ3) is 5.02. The fourth-order valence-electron chi connectivity index (χ4n) is 3.15. The Labute approximate surface area is 156 Å². The minimum Gasteiger partial charge on any atom is -0.493 e. The highest BCUT2D eigenvalue weighted by Gasteiger charge is 2.19. The van der Waals surface area contributed by atoms with E-state index in [0.29, 0.717) is 30.4 Å². The van der Waals surface area contributed by atoms with Gasteiger partial charge in [-0.2, -0.15) is 0 Å². The number of carbonyl (C=O) groups excluding carboxylic acids is 1. The SMILES string of the molecule is CC1CCC(COc2ccc(C(=O)Oc3cc(F)c(F)c(F)c3)cc2)CC1. The van der Waals surface area contributed by atoms with E-state index in [1.54, 1.807) is 12.1 Å². The Morgan fingerprint density at radius 1 is 0.963 bits per heavy atom. The summed E-state index contributed by atoms with van der Waals surface area (Å²) in [5.41, 5.74) is 0.194. The smallest absolute Gasteiger partial charge is 0.343 e. The lowest BCUT2D eigenvalue weighted by Crippen LogP contribution is -2.18. The molecule has 0 aliphatic heterocycles. The molecule has 6 heteroatoms. The van der Waals surface area contributed by atoms with Gasteiger partial charge >= 0.3 is 5.97 Å². The van der Waals surface area contributed by atoms with E-state index in [1.807, 2.05) is 0 Å². The average molecular weight is 378 g/mol. The molecule has 144 valence electrons. The molecule has 27 heavy (non-hydrogen) atoms. The van der Waals surface area contributed by atoms with Crippen molar-refractivity contribution in [2.24, 2.45) is 11.8 Å². The highest BCUT2D eigenvalue weighted by atomic mass is 19.2. The molecule has 0 radical (unpaired) electrons. The summed E-state index contributed by atoms with van der Waals surface area (Å²) in [7, 11) is 0. The van der Waals surface area contributed by atoms with E-state index in [2.05, 4.69) is 6.92 Å². The number of ether oxygens (including phenoxy) is 2. The molecule has 1 aliphatic carbocycles. The first kappa shape index (κ1) is 19.3. The third-order valence-corrected chi connectivity index (χ3v) is 4.88. The van der Waals surface area contributed by atoms with Gasteiger partial charge in [0.2, 0.25) is 0 Å². The van der Waals surface area contributed by atoms with Gasteiger partial charge in [-0.1, -0.05) is 19.8 Å². The van der Waals surface area contributed by atoms with E-state index < -0.39 is 29.2 Å². The molecule has 1 fully saturated rings. The molecule has 0 N–H and O–H groups in total. The molecule has 0 unspecified atom stereocenters. The maximum atomic E-state index is 13.2. The molecule has 1 aliphatic rings. The van der Waals surface area contributed by atoms with E-state index in [1.165, 1.54) is 25.0 Å². The topological polar surface area (TPSA) is 35.5 Å². The Morgan fingerprint density at radius 2 is 1.56 bits per heavy atom. The van der Waals surface area contributed by atoms with E-state index in [9.17, 15) is 18.0 Å². The van der Waals surface area contributed by atoms with E-state index in [4.69, 9.17) is 9.47 Å². The fraction of sp³-hybridized carbons (Fsp3) is 0.381. The zero-order valence-electron chi connectivity index (χ0n) is 15.0. The molecule has 0 saturated heterocycles. The van der Waals surface area contributed by atoms with Gasteiger partial charge in [-0.3, -0.25) is 0 Å². The monoisotopic (exact) mass is 378 g/mol. The molecule has 2 aromatic rings. The number of benzene rings is 2. The van der Waals surface area contributed by atoms with Crippen LogP contribution in [0.2, 0.25) is 0 Å². The zero-order chi connectivity index (χ0) is 19.4. The van der Waals surface area contributed by atoms with Crippen LogP contribution in [-0.2, 0) is 0 Å². The van der Waals surface area contributed by atoms with Crippen molar-refractivity contribution in [1.29, 1.82) is 0 Å². The van der Waals surface area contributed by atoms with Crippen molar-refractivity contribution in [3.05, 3.63) is 59.4 Å². The number of hydrogen-bond donors (Lipinski definition) is 0. The van der Waals surface area contributed by atoms with Gasteiger partial charge in [0.25, 0.3) is 0 Å². The number of hydrogen-bond acceptors (Lipinski definition) is 3. The van der Waals surface area contributed by atoms with Crippen LogP contribution >= 0.6 is 0 Å². The standard InChI is InChI=1S/C21H21F3O3/c1-13-2-4-14(5-3-13)12-26-16-8-6-15(7-9-16)21(25)27-17-10-18(22)20(24)19(23)11-17/h6-11,13-14H,2-5,12H2,1H3. The fourth-order valence-corrected chi connectivity index (χ4v) is 3.15. The van der Waals surface area contributed by atoms with Gasteiger partial charge in [-0.15, -0.1) is 0 Å². The summed E-state index contributed by atoms with van der Waals surface area (Å²) in [5.74, 6) is -3.66. The minimum atomic E-state index is -1.61. The highest BCUT2D eigenvalue weighted by molar-refractivity contribution is 5.91. The van der Waals surface area contributed by atoms with Crippen molar-refractivity contribution in [3.63, 3.8) is 0 Å². The van der Waals surface area contributed by atoms with Gasteiger partial charge in [-0.05, 0) is 48.9 Å². The number of halogens is 3. The normalized spacial score (nSPS) is 19.6. The van der Waals surface area contributed by atoms with Gasteiger partial charge in [0, 0.05) is 12.1 Å². The molecular weight excluding hydrogens is 357 g/mol. The second kappa shape index (κ2) is 8.46. The first-order valence-corrected chi connectivity index (χ1v) is 9.02. The van der Waals surface area contributed by atoms with Gasteiger partial charge in [0.05, 0.1) is 12.2 Å². The summed E-state index contributed by atoms with van der Waals surface area (Å²) in [5, 5.41) is 0. The van der Waals surface area contributed by atoms with E-state index in [0.717, 1.165) is 18.8 Å². The number of carbonyl (C=O) groups is 1. The predicted octanol–water partition coefficient (Wildman–Crippen LogP) is 5.53. The van der Waals surface area contributed by atoms with Crippen molar-refractivity contribution >= 4 is 5.97 Å². The zero-order valence-corrected chi connectivity index (χ0v) is 15.0. The molecule has 3 nitrogen and oxygen atoms in total. The quantitative estimate of drug-likeness (QED) is 0.390. The average Bonchev–Trinajstić information content (AvgIpc) is 2.66. The first-order chi connectivity index (χ1) is 12.9. The summed E-state index contributed by atoms with van der Waals surface area (Å²) in [4.78, 5) is 12.1. The van der Waals surface area contributed by atoms with Crippen LogP contribution in [0.25, 0.3) is 0 Å². The van der Waals surface area contributed by atoms with Crippen LogP contribution in [0.15, 0.2) is 36.4 Å². The van der Waals surface area contributed by atoms with Crippen LogP contribution < -0.4 is 9.47 Å². The number of esters is 1. The Hall–Kier alpha value is -2.50. The maximum Gasteiger partial charge on any atom is 0.343 e. The molecule has 0 aromatic heterocycles. The molecule has 3 rings (SSSR count). The minimum absolute atomic E-state index is 0.194. The second-order valence-electron chi connectivity index (χ2n) is 7.05. The lowest BCUT2D eigenvalue weighted by Gasteiger charge is -2.26. The second-order valence-corrected chi connectivity index (χ2v) is 7.05. The molecule has 0 heterocycles. The van der Waals surface area contributed by atoms with Gasteiger partial charge in [0.1, 0.15) is 11.5 Å². The molecule has 0 bridgehead atoms. The molecule has 1 saturated carbocycles. The van der Waals surface area contributed by atoms with Gasteiger partial charge in [-0.25, -0.2) is 18.0 Å². The van der Waals surface area contributed by atoms with Gasteiger partial charge < -0.3 is 9.47 Å². The lowest BCUT2D eigenvalue weighted by molar-refractivity contribution is 0.0733. The van der Waals surface area contributed by atoms with Crippen LogP contribution in [0, 0.1) is 29.3 Å². The van der Waals surface area contributed by atoms with Crippen LogP contribution in [-0.4, -0.2) is 12.6 Å². The molecule has 0 atom stereocenters. The number of rotatable bonds is 5. The van der Waals surface area contributed by atoms with Crippen molar-refractivity contribution in [2.75, 3.05) is 6.61 Å². The maximum absolute atomic E-state index is 13.2. The van der Waals surface area contributed by atoms with Crippen molar-refractivity contribution in [2.45, 2.75) is 32.6 Å². The highest BCUT2D eigenvalue weighted by Crippen LogP contribution is 2.29. The van der Waals surface area contributed by atoms with E-state index >= 15 is 0 Å². The molecule has 2 aromatic carbocycles.